The second-order valence-electron chi connectivity index (χ2n) is 9.32. The summed E-state index contributed by atoms with van der Waals surface area (Å²) in [7, 11) is 0. The van der Waals surface area contributed by atoms with E-state index in [2.05, 4.69) is 23.8 Å². The molecule has 7 nitrogen and oxygen atoms in total. The lowest BCUT2D eigenvalue weighted by molar-refractivity contribution is -0.150. The van der Waals surface area contributed by atoms with Crippen molar-refractivity contribution in [2.75, 3.05) is 13.2 Å². The average molecular weight is 487 g/mol. The van der Waals surface area contributed by atoms with Crippen LogP contribution in [0.5, 0.6) is 0 Å². The molecule has 0 unspecified atom stereocenters. The molecule has 0 bridgehead atoms. The molecule has 0 heterocycles. The maximum Gasteiger partial charge on any atom is 0.309 e. The Kier molecular flexibility index (Phi) is 14.3. The normalized spacial score (nSPS) is 14.3. The van der Waals surface area contributed by atoms with Gasteiger partial charge < -0.3 is 20.5 Å². The van der Waals surface area contributed by atoms with Gasteiger partial charge in [0.05, 0.1) is 24.5 Å². The Labute approximate surface area is 210 Å². The molecule has 194 valence electrons. The van der Waals surface area contributed by atoms with Crippen molar-refractivity contribution in [3.8, 4) is 0 Å². The van der Waals surface area contributed by atoms with Gasteiger partial charge >= 0.3 is 5.97 Å². The number of aliphatic hydroxyl groups is 1. The van der Waals surface area contributed by atoms with Gasteiger partial charge in [-0.15, -0.1) is 13.2 Å². The summed E-state index contributed by atoms with van der Waals surface area (Å²) < 4.78 is 5.67. The summed E-state index contributed by atoms with van der Waals surface area (Å²) in [5.41, 5.74) is 1.06. The van der Waals surface area contributed by atoms with Crippen molar-refractivity contribution >= 4 is 17.8 Å². The lowest BCUT2D eigenvalue weighted by Crippen LogP contribution is -2.46. The molecule has 4 atom stereocenters. The highest BCUT2D eigenvalue weighted by Gasteiger charge is 2.27. The van der Waals surface area contributed by atoms with Crippen LogP contribution in [0.1, 0.15) is 52.0 Å². The number of allylic oxidation sites excluding steroid dienone is 2. The first-order valence-electron chi connectivity index (χ1n) is 12.3. The largest absolute Gasteiger partial charge is 0.463 e. The van der Waals surface area contributed by atoms with Gasteiger partial charge in [0.15, 0.2) is 0 Å². The lowest BCUT2D eigenvalue weighted by atomic mass is 9.94. The molecule has 0 aromatic heterocycles. The topological polar surface area (TPSA) is 105 Å². The lowest BCUT2D eigenvalue weighted by Gasteiger charge is -2.26. The van der Waals surface area contributed by atoms with E-state index in [1.165, 1.54) is 0 Å². The quantitative estimate of drug-likeness (QED) is 0.231. The minimum absolute atomic E-state index is 0.0140. The van der Waals surface area contributed by atoms with E-state index in [9.17, 15) is 14.4 Å². The number of aliphatic hydroxyl groups excluding tert-OH is 1. The molecule has 1 aromatic rings. The molecule has 7 heteroatoms. The molecule has 0 spiro atoms. The van der Waals surface area contributed by atoms with Crippen molar-refractivity contribution in [3.63, 3.8) is 0 Å². The minimum atomic E-state index is -0.603. The summed E-state index contributed by atoms with van der Waals surface area (Å²) in [6.45, 7) is 12.9. The molecule has 1 rings (SSSR count). The molecule has 2 amide bonds. The number of hydrogen-bond donors (Lipinski definition) is 3. The van der Waals surface area contributed by atoms with Gasteiger partial charge in [-0.25, -0.2) is 0 Å². The number of rotatable bonds is 17. The Hall–Kier alpha value is -2.93. The predicted molar refractivity (Wildman–Crippen MR) is 138 cm³/mol. The van der Waals surface area contributed by atoms with Gasteiger partial charge in [-0.1, -0.05) is 56.3 Å². The molecule has 0 saturated heterocycles. The summed E-state index contributed by atoms with van der Waals surface area (Å²) in [5, 5.41) is 14.7. The summed E-state index contributed by atoms with van der Waals surface area (Å²) >= 11 is 0. The van der Waals surface area contributed by atoms with Gasteiger partial charge in [-0.05, 0) is 44.1 Å². The molecule has 0 radical (unpaired) electrons. The summed E-state index contributed by atoms with van der Waals surface area (Å²) in [6, 6.07) is 9.02. The van der Waals surface area contributed by atoms with E-state index in [4.69, 9.17) is 9.84 Å². The smallest absolute Gasteiger partial charge is 0.309 e. The highest BCUT2D eigenvalue weighted by Crippen LogP contribution is 2.18. The third-order valence-electron chi connectivity index (χ3n) is 5.85. The Bertz CT molecular complexity index is 809. The summed E-state index contributed by atoms with van der Waals surface area (Å²) in [6.07, 6.45) is 5.63. The van der Waals surface area contributed by atoms with Gasteiger partial charge in [0.1, 0.15) is 6.61 Å². The Balaban J connectivity index is 2.77. The first-order valence-corrected chi connectivity index (χ1v) is 12.3. The molecule has 0 fully saturated rings. The van der Waals surface area contributed by atoms with Crippen molar-refractivity contribution in [2.45, 2.75) is 65.0 Å². The fraction of sp³-hybridized carbons (Fsp3) is 0.536. The second-order valence-corrected chi connectivity index (χ2v) is 9.32. The first-order chi connectivity index (χ1) is 16.7. The van der Waals surface area contributed by atoms with Gasteiger partial charge in [-0.3, -0.25) is 14.4 Å². The van der Waals surface area contributed by atoms with Crippen molar-refractivity contribution in [1.29, 1.82) is 0 Å². The molecule has 0 aliphatic carbocycles. The predicted octanol–water partition coefficient (Wildman–Crippen LogP) is 3.57. The average Bonchev–Trinajstić information content (AvgIpc) is 2.83. The number of esters is 1. The Morgan fingerprint density at radius 1 is 1.03 bits per heavy atom. The van der Waals surface area contributed by atoms with Gasteiger partial charge in [0.25, 0.3) is 0 Å². The van der Waals surface area contributed by atoms with Crippen LogP contribution in [0.3, 0.4) is 0 Å². The van der Waals surface area contributed by atoms with Crippen molar-refractivity contribution in [3.05, 3.63) is 61.2 Å². The van der Waals surface area contributed by atoms with Crippen LogP contribution in [-0.2, 0) is 25.5 Å². The van der Waals surface area contributed by atoms with E-state index in [0.717, 1.165) is 5.56 Å². The van der Waals surface area contributed by atoms with Gasteiger partial charge in [-0.2, -0.15) is 0 Å². The maximum atomic E-state index is 13.0. The van der Waals surface area contributed by atoms with Crippen LogP contribution in [-0.4, -0.2) is 48.2 Å². The van der Waals surface area contributed by atoms with Gasteiger partial charge in [0, 0.05) is 12.5 Å². The second kappa shape index (κ2) is 16.7. The van der Waals surface area contributed by atoms with Crippen molar-refractivity contribution in [2.24, 2.45) is 17.8 Å². The summed E-state index contributed by atoms with van der Waals surface area (Å²) in [5.74, 6) is -1.79. The number of carbonyl (C=O) groups excluding carboxylic acids is 3. The molecule has 3 N–H and O–H groups in total. The molecule has 0 aliphatic rings. The van der Waals surface area contributed by atoms with E-state index in [0.29, 0.717) is 25.7 Å². The zero-order chi connectivity index (χ0) is 26.2. The molecular formula is C28H42N2O5. The van der Waals surface area contributed by atoms with Crippen molar-refractivity contribution in [1.82, 2.24) is 10.6 Å². The van der Waals surface area contributed by atoms with E-state index < -0.39 is 12.0 Å². The highest BCUT2D eigenvalue weighted by molar-refractivity contribution is 5.86. The fourth-order valence-corrected chi connectivity index (χ4v) is 3.60. The number of hydrogen-bond acceptors (Lipinski definition) is 5. The monoisotopic (exact) mass is 486 g/mol. The number of amides is 2. The van der Waals surface area contributed by atoms with Crippen LogP contribution < -0.4 is 10.6 Å². The van der Waals surface area contributed by atoms with E-state index in [1.54, 1.807) is 19.1 Å². The van der Waals surface area contributed by atoms with Gasteiger partial charge in [0.2, 0.25) is 11.8 Å². The van der Waals surface area contributed by atoms with Crippen LogP contribution in [0, 0.1) is 17.8 Å². The van der Waals surface area contributed by atoms with Crippen LogP contribution in [0.2, 0.25) is 0 Å². The molecule has 35 heavy (non-hydrogen) atoms. The third kappa shape index (κ3) is 11.9. The van der Waals surface area contributed by atoms with Crippen LogP contribution in [0.15, 0.2) is 55.6 Å². The molecule has 0 aliphatic heterocycles. The molecule has 0 saturated carbocycles. The summed E-state index contributed by atoms with van der Waals surface area (Å²) in [4.78, 5) is 38.1. The van der Waals surface area contributed by atoms with Crippen LogP contribution in [0.25, 0.3) is 0 Å². The number of ether oxygens (including phenoxy) is 1. The molecule has 1 aromatic carbocycles. The van der Waals surface area contributed by atoms with E-state index in [1.807, 2.05) is 44.2 Å². The number of benzene rings is 1. The number of carbonyl (C=O) groups is 3. The third-order valence-corrected chi connectivity index (χ3v) is 5.85. The highest BCUT2D eigenvalue weighted by atomic mass is 16.5. The van der Waals surface area contributed by atoms with Crippen molar-refractivity contribution < 1.29 is 24.2 Å². The molecular weight excluding hydrogens is 444 g/mol. The minimum Gasteiger partial charge on any atom is -0.463 e. The maximum absolute atomic E-state index is 13.0. The number of nitrogens with one attached hydrogen (secondary N) is 2. The first kappa shape index (κ1) is 30.1. The standard InChI is InChI=1S/C28H42N2O5/c1-6-8-15-24(16-22-13-10-9-11-14-22)28(34)35-19-25(20(3)4)30-27(33)23(12-7-2)17-26(32)29-21(5)18-31/h6-7,9-11,13-14,20-21,23-25,31H,1-2,8,12,15-19H2,3-5H3,(H,29,32)(H,30,33)/t21-,23+,24+,25+/m0/s1. The Morgan fingerprint density at radius 2 is 1.71 bits per heavy atom. The Morgan fingerprint density at radius 3 is 2.29 bits per heavy atom. The van der Waals surface area contributed by atoms with E-state index >= 15 is 0 Å². The zero-order valence-electron chi connectivity index (χ0n) is 21.4. The van der Waals surface area contributed by atoms with Crippen LogP contribution in [0.4, 0.5) is 0 Å². The zero-order valence-corrected chi connectivity index (χ0v) is 21.4. The van der Waals surface area contributed by atoms with Crippen LogP contribution >= 0.6 is 0 Å². The SMILES string of the molecule is C=CCC[C@H](Cc1ccccc1)C(=O)OC[C@@H](NC(=O)[C@H](CC=C)CC(=O)N[C@@H](C)CO)C(C)C. The van der Waals surface area contributed by atoms with E-state index in [-0.39, 0.29) is 55.3 Å². The fourth-order valence-electron chi connectivity index (χ4n) is 3.60.